The summed E-state index contributed by atoms with van der Waals surface area (Å²) in [5.41, 5.74) is 3.99. The second-order valence-corrected chi connectivity index (χ2v) is 4.79. The average Bonchev–Trinajstić information content (AvgIpc) is 2.37. The van der Waals surface area contributed by atoms with Crippen LogP contribution in [0.3, 0.4) is 0 Å². The number of hydrogen-bond acceptors (Lipinski definition) is 3. The summed E-state index contributed by atoms with van der Waals surface area (Å²) in [5, 5.41) is 3.47. The summed E-state index contributed by atoms with van der Waals surface area (Å²) < 4.78 is 5.20. The third-order valence-electron chi connectivity index (χ3n) is 3.51. The van der Waals surface area contributed by atoms with Gasteiger partial charge in [-0.1, -0.05) is 6.07 Å². The van der Waals surface area contributed by atoms with E-state index in [-0.39, 0.29) is 0 Å². The Kier molecular flexibility index (Phi) is 3.89. The maximum Gasteiger partial charge on any atom is 0.0663 e. The molecule has 1 heterocycles. The van der Waals surface area contributed by atoms with Crippen LogP contribution in [0.5, 0.6) is 0 Å². The fourth-order valence-electron chi connectivity index (χ4n) is 2.28. The molecule has 0 aromatic heterocycles. The van der Waals surface area contributed by atoms with E-state index < -0.39 is 0 Å². The first kappa shape index (κ1) is 12.2. The van der Waals surface area contributed by atoms with E-state index in [1.165, 1.54) is 29.8 Å². The molecule has 0 spiro atoms. The maximum atomic E-state index is 5.20. The smallest absolute Gasteiger partial charge is 0.0663 e. The minimum absolute atomic E-state index is 0.390. The number of anilines is 2. The molecule has 1 aliphatic rings. The molecule has 1 atom stereocenters. The highest BCUT2D eigenvalue weighted by Gasteiger charge is 2.13. The maximum absolute atomic E-state index is 5.20. The van der Waals surface area contributed by atoms with Gasteiger partial charge in [0.2, 0.25) is 0 Å². The Morgan fingerprint density at radius 2 is 2.29 bits per heavy atom. The third-order valence-corrected chi connectivity index (χ3v) is 3.51. The monoisotopic (exact) mass is 234 g/mol. The van der Waals surface area contributed by atoms with Crippen LogP contribution in [0.15, 0.2) is 18.2 Å². The Balaban J connectivity index is 2.15. The summed E-state index contributed by atoms with van der Waals surface area (Å²) in [4.78, 5) is 2.26. The topological polar surface area (TPSA) is 24.5 Å². The zero-order chi connectivity index (χ0) is 12.3. The van der Waals surface area contributed by atoms with Crippen molar-refractivity contribution in [3.05, 3.63) is 23.8 Å². The van der Waals surface area contributed by atoms with Crippen LogP contribution in [0.4, 0.5) is 11.4 Å². The Morgan fingerprint density at radius 3 is 3.06 bits per heavy atom. The van der Waals surface area contributed by atoms with E-state index in [0.717, 1.165) is 13.2 Å². The number of hydrogen-bond donors (Lipinski definition) is 1. The van der Waals surface area contributed by atoms with Crippen molar-refractivity contribution in [1.29, 1.82) is 0 Å². The van der Waals surface area contributed by atoms with Gasteiger partial charge in [-0.3, -0.25) is 0 Å². The first-order valence-corrected chi connectivity index (χ1v) is 6.31. The molecule has 1 aromatic rings. The lowest BCUT2D eigenvalue weighted by Crippen LogP contribution is -2.32. The Labute approximate surface area is 104 Å². The van der Waals surface area contributed by atoms with Crippen LogP contribution in [0, 0.1) is 0 Å². The molecule has 0 radical (unpaired) electrons. The summed E-state index contributed by atoms with van der Waals surface area (Å²) >= 11 is 0. The number of nitrogens with one attached hydrogen (secondary N) is 1. The first-order valence-electron chi connectivity index (χ1n) is 6.31. The molecule has 2 rings (SSSR count). The molecule has 17 heavy (non-hydrogen) atoms. The van der Waals surface area contributed by atoms with Crippen LogP contribution < -0.4 is 10.2 Å². The van der Waals surface area contributed by atoms with Crippen molar-refractivity contribution in [2.45, 2.75) is 25.8 Å². The molecule has 0 fully saturated rings. The zero-order valence-electron chi connectivity index (χ0n) is 11.0. The van der Waals surface area contributed by atoms with E-state index in [1.807, 2.05) is 0 Å². The van der Waals surface area contributed by atoms with E-state index in [2.05, 4.69) is 42.4 Å². The Bertz CT molecular complexity index is 378. The van der Waals surface area contributed by atoms with Gasteiger partial charge in [-0.05, 0) is 37.5 Å². The summed E-state index contributed by atoms with van der Waals surface area (Å²) in [5.74, 6) is 0. The van der Waals surface area contributed by atoms with Crippen LogP contribution in [-0.4, -0.2) is 33.4 Å². The van der Waals surface area contributed by atoms with Gasteiger partial charge in [0.05, 0.1) is 6.61 Å². The van der Waals surface area contributed by atoms with E-state index in [9.17, 15) is 0 Å². The SMILES string of the molecule is COCC(C)N(C)c1ccc2c(c1)NCCC2. The molecule has 1 N–H and O–H groups in total. The molecule has 0 saturated carbocycles. The number of nitrogens with zero attached hydrogens (tertiary/aromatic N) is 1. The third kappa shape index (κ3) is 2.72. The van der Waals surface area contributed by atoms with Gasteiger partial charge in [0.1, 0.15) is 0 Å². The molecule has 0 saturated heterocycles. The lowest BCUT2D eigenvalue weighted by Gasteiger charge is -2.28. The molecule has 0 amide bonds. The van der Waals surface area contributed by atoms with Crippen LogP contribution >= 0.6 is 0 Å². The van der Waals surface area contributed by atoms with Crippen molar-refractivity contribution in [1.82, 2.24) is 0 Å². The Morgan fingerprint density at radius 1 is 1.47 bits per heavy atom. The van der Waals surface area contributed by atoms with Gasteiger partial charge in [0, 0.05) is 38.1 Å². The van der Waals surface area contributed by atoms with E-state index in [4.69, 9.17) is 4.74 Å². The minimum Gasteiger partial charge on any atom is -0.385 e. The molecule has 94 valence electrons. The van der Waals surface area contributed by atoms with E-state index in [1.54, 1.807) is 7.11 Å². The largest absolute Gasteiger partial charge is 0.385 e. The number of aryl methyl sites for hydroxylation is 1. The number of rotatable bonds is 4. The number of ether oxygens (including phenoxy) is 1. The average molecular weight is 234 g/mol. The molecule has 0 aliphatic carbocycles. The highest BCUT2D eigenvalue weighted by molar-refractivity contribution is 5.63. The second kappa shape index (κ2) is 5.41. The van der Waals surface area contributed by atoms with Crippen molar-refractivity contribution < 1.29 is 4.74 Å². The first-order chi connectivity index (χ1) is 8.22. The van der Waals surface area contributed by atoms with Crippen molar-refractivity contribution in [3.8, 4) is 0 Å². The van der Waals surface area contributed by atoms with Crippen molar-refractivity contribution >= 4 is 11.4 Å². The summed E-state index contributed by atoms with van der Waals surface area (Å²) in [6.45, 7) is 4.02. The second-order valence-electron chi connectivity index (χ2n) is 4.79. The van der Waals surface area contributed by atoms with Gasteiger partial charge in [-0.25, -0.2) is 0 Å². The van der Waals surface area contributed by atoms with Crippen LogP contribution in [0.1, 0.15) is 18.9 Å². The number of methoxy groups -OCH3 is 1. The number of benzene rings is 1. The minimum atomic E-state index is 0.390. The molecule has 1 unspecified atom stereocenters. The van der Waals surface area contributed by atoms with Gasteiger partial charge in [0.25, 0.3) is 0 Å². The molecular weight excluding hydrogens is 212 g/mol. The predicted molar refractivity (Wildman–Crippen MR) is 73.0 cm³/mol. The highest BCUT2D eigenvalue weighted by Crippen LogP contribution is 2.27. The molecule has 3 heteroatoms. The fourth-order valence-corrected chi connectivity index (χ4v) is 2.28. The molecular formula is C14H22N2O. The molecule has 3 nitrogen and oxygen atoms in total. The van der Waals surface area contributed by atoms with Gasteiger partial charge < -0.3 is 15.0 Å². The molecule has 1 aliphatic heterocycles. The van der Waals surface area contributed by atoms with Crippen molar-refractivity contribution in [3.63, 3.8) is 0 Å². The lowest BCUT2D eigenvalue weighted by molar-refractivity contribution is 0.183. The quantitative estimate of drug-likeness (QED) is 0.866. The zero-order valence-corrected chi connectivity index (χ0v) is 11.0. The highest BCUT2D eigenvalue weighted by atomic mass is 16.5. The van der Waals surface area contributed by atoms with Crippen molar-refractivity contribution in [2.75, 3.05) is 37.5 Å². The lowest BCUT2D eigenvalue weighted by atomic mass is 10.0. The van der Waals surface area contributed by atoms with E-state index >= 15 is 0 Å². The molecule has 1 aromatic carbocycles. The van der Waals surface area contributed by atoms with Crippen LogP contribution in [0.25, 0.3) is 0 Å². The van der Waals surface area contributed by atoms with Gasteiger partial charge >= 0.3 is 0 Å². The normalized spacial score (nSPS) is 15.9. The molecule has 0 bridgehead atoms. The van der Waals surface area contributed by atoms with Gasteiger partial charge in [-0.15, -0.1) is 0 Å². The summed E-state index contributed by atoms with van der Waals surface area (Å²) in [7, 11) is 3.87. The Hall–Kier alpha value is -1.22. The predicted octanol–water partition coefficient (Wildman–Crippen LogP) is 2.52. The summed E-state index contributed by atoms with van der Waals surface area (Å²) in [6, 6.07) is 7.09. The van der Waals surface area contributed by atoms with Crippen molar-refractivity contribution in [2.24, 2.45) is 0 Å². The van der Waals surface area contributed by atoms with Crippen LogP contribution in [-0.2, 0) is 11.2 Å². The standard InChI is InChI=1S/C14H22N2O/c1-11(10-17-3)16(2)13-7-6-12-5-4-8-15-14(12)9-13/h6-7,9,11,15H,4-5,8,10H2,1-3H3. The van der Waals surface area contributed by atoms with Gasteiger partial charge in [0.15, 0.2) is 0 Å². The summed E-state index contributed by atoms with van der Waals surface area (Å²) in [6.07, 6.45) is 2.43. The number of likely N-dealkylation sites (N-methyl/N-ethyl adjacent to an activating group) is 1. The fraction of sp³-hybridized carbons (Fsp3) is 0.571. The van der Waals surface area contributed by atoms with Crippen LogP contribution in [0.2, 0.25) is 0 Å². The number of fused-ring (bicyclic) bond motifs is 1. The van der Waals surface area contributed by atoms with Gasteiger partial charge in [-0.2, -0.15) is 0 Å². The van der Waals surface area contributed by atoms with E-state index in [0.29, 0.717) is 6.04 Å².